The largest absolute Gasteiger partial charge is 0.350 e. The van der Waals surface area contributed by atoms with Gasteiger partial charge in [-0.1, -0.05) is 67.4 Å². The summed E-state index contributed by atoms with van der Waals surface area (Å²) >= 11 is 7.62. The number of nitrogens with zero attached hydrogens (tertiary/aromatic N) is 2. The maximum absolute atomic E-state index is 13.1. The topological polar surface area (TPSA) is 91.4 Å². The smallest absolute Gasteiger partial charge is 0.283 e. The number of imide groups is 1. The van der Waals surface area contributed by atoms with Crippen molar-refractivity contribution in [2.75, 3.05) is 15.5 Å². The molecule has 3 aromatic carbocycles. The van der Waals surface area contributed by atoms with Crippen molar-refractivity contribution >= 4 is 57.2 Å². The molecule has 0 unspecified atom stereocenters. The van der Waals surface area contributed by atoms with Gasteiger partial charge in [0.1, 0.15) is 10.7 Å². The van der Waals surface area contributed by atoms with Crippen molar-refractivity contribution in [2.45, 2.75) is 26.2 Å². The third-order valence-electron chi connectivity index (χ3n) is 6.25. The molecule has 0 saturated heterocycles. The van der Waals surface area contributed by atoms with Gasteiger partial charge < -0.3 is 5.32 Å². The van der Waals surface area contributed by atoms with Gasteiger partial charge in [-0.3, -0.25) is 19.7 Å². The Bertz CT molecular complexity index is 1550. The van der Waals surface area contributed by atoms with Gasteiger partial charge >= 0.3 is 0 Å². The normalized spacial score (nSPS) is 13.2. The molecule has 196 valence electrons. The Balaban J connectivity index is 1.23. The number of carbonyl (C=O) groups is 3. The van der Waals surface area contributed by atoms with Crippen molar-refractivity contribution in [2.24, 2.45) is 0 Å². The fourth-order valence-corrected chi connectivity index (χ4v) is 5.06. The van der Waals surface area contributed by atoms with Crippen molar-refractivity contribution < 1.29 is 14.4 Å². The molecule has 5 rings (SSSR count). The minimum Gasteiger partial charge on any atom is -0.350 e. The van der Waals surface area contributed by atoms with E-state index in [1.165, 1.54) is 11.3 Å². The second-order valence-electron chi connectivity index (χ2n) is 8.97. The molecule has 0 bridgehead atoms. The molecule has 0 radical (unpaired) electrons. The maximum Gasteiger partial charge on any atom is 0.283 e. The predicted molar refractivity (Wildman–Crippen MR) is 156 cm³/mol. The lowest BCUT2D eigenvalue weighted by Crippen LogP contribution is -2.32. The van der Waals surface area contributed by atoms with Crippen LogP contribution in [0.2, 0.25) is 0 Å². The molecule has 3 amide bonds. The molecule has 1 aromatic heterocycles. The summed E-state index contributed by atoms with van der Waals surface area (Å²) in [5.74, 6) is -1.43. The Kier molecular flexibility index (Phi) is 7.86. The van der Waals surface area contributed by atoms with Crippen molar-refractivity contribution in [1.29, 1.82) is 0 Å². The minimum atomic E-state index is -0.584. The number of carbonyl (C=O) groups excluding carboxylic acids is 3. The van der Waals surface area contributed by atoms with Crippen molar-refractivity contribution in [3.8, 4) is 11.3 Å². The van der Waals surface area contributed by atoms with Gasteiger partial charge in [-0.25, -0.2) is 9.88 Å². The van der Waals surface area contributed by atoms with E-state index >= 15 is 0 Å². The van der Waals surface area contributed by atoms with Gasteiger partial charge in [-0.15, -0.1) is 11.3 Å². The van der Waals surface area contributed by atoms with Crippen molar-refractivity contribution in [3.05, 3.63) is 106 Å². The number of amides is 3. The summed E-state index contributed by atoms with van der Waals surface area (Å²) in [7, 11) is 0. The summed E-state index contributed by atoms with van der Waals surface area (Å²) in [4.78, 5) is 44.2. The highest BCUT2D eigenvalue weighted by Gasteiger charge is 2.38. The zero-order valence-electron chi connectivity index (χ0n) is 21.1. The van der Waals surface area contributed by atoms with Crippen LogP contribution in [0.3, 0.4) is 0 Å². The Hall–Kier alpha value is -4.27. The van der Waals surface area contributed by atoms with Crippen LogP contribution in [0.1, 0.15) is 35.7 Å². The van der Waals surface area contributed by atoms with Crippen LogP contribution >= 0.6 is 22.9 Å². The van der Waals surface area contributed by atoms with Gasteiger partial charge in [0.25, 0.3) is 17.7 Å². The first-order valence-corrected chi connectivity index (χ1v) is 13.8. The molecule has 0 saturated carbocycles. The predicted octanol–water partition coefficient (Wildman–Crippen LogP) is 6.84. The summed E-state index contributed by atoms with van der Waals surface area (Å²) in [6.45, 7) is 2.13. The quantitative estimate of drug-likeness (QED) is 0.220. The van der Waals surface area contributed by atoms with Crippen LogP contribution in [-0.2, 0) is 16.0 Å². The van der Waals surface area contributed by atoms with Gasteiger partial charge in [-0.2, -0.15) is 0 Å². The van der Waals surface area contributed by atoms with Crippen molar-refractivity contribution in [1.82, 2.24) is 4.98 Å². The molecule has 0 atom stereocenters. The number of benzene rings is 3. The molecule has 4 aromatic rings. The lowest BCUT2D eigenvalue weighted by atomic mass is 10.1. The first kappa shape index (κ1) is 26.3. The summed E-state index contributed by atoms with van der Waals surface area (Å²) in [6, 6.07) is 23.6. The summed E-state index contributed by atoms with van der Waals surface area (Å²) in [5.41, 5.74) is 4.29. The van der Waals surface area contributed by atoms with E-state index in [1.54, 1.807) is 36.4 Å². The summed E-state index contributed by atoms with van der Waals surface area (Å²) in [5, 5.41) is 7.95. The lowest BCUT2D eigenvalue weighted by molar-refractivity contribution is -0.120. The highest BCUT2D eigenvalue weighted by Crippen LogP contribution is 2.31. The van der Waals surface area contributed by atoms with E-state index in [0.717, 1.165) is 41.0 Å². The molecule has 1 aliphatic rings. The third kappa shape index (κ3) is 5.77. The Morgan fingerprint density at radius 1 is 0.949 bits per heavy atom. The molecule has 1 aliphatic heterocycles. The van der Waals surface area contributed by atoms with Crippen LogP contribution < -0.4 is 15.5 Å². The van der Waals surface area contributed by atoms with Gasteiger partial charge in [-0.05, 0) is 54.8 Å². The molecule has 7 nitrogen and oxygen atoms in total. The molecule has 9 heteroatoms. The zero-order valence-corrected chi connectivity index (χ0v) is 22.7. The average Bonchev–Trinajstić information content (AvgIpc) is 3.51. The van der Waals surface area contributed by atoms with E-state index in [0.29, 0.717) is 22.1 Å². The number of aryl methyl sites for hydroxylation is 1. The van der Waals surface area contributed by atoms with E-state index in [-0.39, 0.29) is 16.6 Å². The lowest BCUT2D eigenvalue weighted by Gasteiger charge is -2.15. The number of hydrogen-bond acceptors (Lipinski definition) is 6. The van der Waals surface area contributed by atoms with Crippen molar-refractivity contribution in [3.63, 3.8) is 0 Å². The van der Waals surface area contributed by atoms with E-state index < -0.39 is 11.8 Å². The standard InChI is InChI=1S/C30H25ClN4O3S/c1-2-3-7-19-10-16-23(17-11-19)35-28(37)25(31)26(29(35)38)32-22-14-12-21(13-15-22)27(36)34-30-33-24(18-39-30)20-8-5-4-6-9-20/h4-6,8-18,32H,2-3,7H2,1H3,(H,33,34,36). The van der Waals surface area contributed by atoms with Crippen LogP contribution in [0, 0.1) is 0 Å². The molecule has 2 N–H and O–H groups in total. The van der Waals surface area contributed by atoms with E-state index in [9.17, 15) is 14.4 Å². The number of thiazole rings is 1. The van der Waals surface area contributed by atoms with Crippen LogP contribution in [0.4, 0.5) is 16.5 Å². The van der Waals surface area contributed by atoms with Gasteiger partial charge in [0.2, 0.25) is 0 Å². The van der Waals surface area contributed by atoms with Crippen LogP contribution in [0.25, 0.3) is 11.3 Å². The minimum absolute atomic E-state index is 0.00912. The molecular weight excluding hydrogens is 532 g/mol. The number of halogens is 1. The zero-order chi connectivity index (χ0) is 27.4. The summed E-state index contributed by atoms with van der Waals surface area (Å²) in [6.07, 6.45) is 3.10. The fraction of sp³-hybridized carbons (Fsp3) is 0.133. The number of rotatable bonds is 9. The first-order valence-electron chi connectivity index (χ1n) is 12.5. The Morgan fingerprint density at radius 2 is 1.67 bits per heavy atom. The van der Waals surface area contributed by atoms with Gasteiger partial charge in [0.05, 0.1) is 11.4 Å². The van der Waals surface area contributed by atoms with E-state index in [2.05, 4.69) is 22.5 Å². The number of aromatic nitrogens is 1. The van der Waals surface area contributed by atoms with Crippen LogP contribution in [-0.4, -0.2) is 22.7 Å². The van der Waals surface area contributed by atoms with Gasteiger partial charge in [0, 0.05) is 22.2 Å². The third-order valence-corrected chi connectivity index (χ3v) is 7.36. The highest BCUT2D eigenvalue weighted by molar-refractivity contribution is 7.14. The highest BCUT2D eigenvalue weighted by atomic mass is 35.5. The Morgan fingerprint density at radius 3 is 2.36 bits per heavy atom. The number of unbranched alkanes of at least 4 members (excludes halogenated alkanes) is 1. The summed E-state index contributed by atoms with van der Waals surface area (Å²) < 4.78 is 0. The fourth-order valence-electron chi connectivity index (χ4n) is 4.13. The van der Waals surface area contributed by atoms with E-state index in [1.807, 2.05) is 47.8 Å². The molecule has 39 heavy (non-hydrogen) atoms. The van der Waals surface area contributed by atoms with Gasteiger partial charge in [0.15, 0.2) is 5.13 Å². The molecule has 0 spiro atoms. The number of nitrogens with one attached hydrogen (secondary N) is 2. The monoisotopic (exact) mass is 556 g/mol. The Labute approximate surface area is 235 Å². The van der Waals surface area contributed by atoms with Crippen LogP contribution in [0.5, 0.6) is 0 Å². The van der Waals surface area contributed by atoms with Crippen LogP contribution in [0.15, 0.2) is 95.0 Å². The second-order valence-corrected chi connectivity index (χ2v) is 10.2. The molecular formula is C30H25ClN4O3S. The van der Waals surface area contributed by atoms with E-state index in [4.69, 9.17) is 11.6 Å². The second kappa shape index (κ2) is 11.6. The molecule has 0 fully saturated rings. The average molecular weight is 557 g/mol. The SMILES string of the molecule is CCCCc1ccc(N2C(=O)C(Cl)=C(Nc3ccc(C(=O)Nc4nc(-c5ccccc5)cs4)cc3)C2=O)cc1. The molecule has 0 aliphatic carbocycles. The first-order chi connectivity index (χ1) is 18.9. The molecule has 2 heterocycles. The maximum atomic E-state index is 13.1. The number of hydrogen-bond donors (Lipinski definition) is 2. The number of anilines is 3.